The summed E-state index contributed by atoms with van der Waals surface area (Å²) in [6, 6.07) is 1.89. The van der Waals surface area contributed by atoms with E-state index in [1.165, 1.54) is 25.7 Å². The Morgan fingerprint density at radius 2 is 1.90 bits per heavy atom. The SMILES string of the molecule is CC(C)(C)c1nc(NN)cc(NCC2(C3CC3)CC2)n1. The van der Waals surface area contributed by atoms with Gasteiger partial charge in [-0.3, -0.25) is 0 Å². The Balaban J connectivity index is 1.75. The van der Waals surface area contributed by atoms with Gasteiger partial charge in [0.2, 0.25) is 0 Å². The van der Waals surface area contributed by atoms with Crippen LogP contribution < -0.4 is 16.6 Å². The monoisotopic (exact) mass is 275 g/mol. The maximum absolute atomic E-state index is 5.52. The molecule has 0 bridgehead atoms. The number of nitrogens with two attached hydrogens (primary N) is 1. The van der Waals surface area contributed by atoms with Gasteiger partial charge in [0.15, 0.2) is 0 Å². The summed E-state index contributed by atoms with van der Waals surface area (Å²) in [5.41, 5.74) is 3.11. The number of hydrogen-bond donors (Lipinski definition) is 3. The fraction of sp³-hybridized carbons (Fsp3) is 0.733. The summed E-state index contributed by atoms with van der Waals surface area (Å²) in [5.74, 6) is 8.83. The molecule has 2 aliphatic carbocycles. The number of nitrogens with zero attached hydrogens (tertiary/aromatic N) is 2. The standard InChI is InChI=1S/C15H25N5/c1-14(2,3)13-18-11(8-12(19-13)20-16)17-9-15(6-7-15)10-4-5-10/h8,10H,4-7,9,16H2,1-3H3,(H2,17,18,19,20). The Bertz CT molecular complexity index is 497. The van der Waals surface area contributed by atoms with Gasteiger partial charge in [0.25, 0.3) is 0 Å². The van der Waals surface area contributed by atoms with Gasteiger partial charge in [0.05, 0.1) is 0 Å². The van der Waals surface area contributed by atoms with Crippen LogP contribution in [0, 0.1) is 11.3 Å². The fourth-order valence-corrected chi connectivity index (χ4v) is 2.80. The molecular weight excluding hydrogens is 250 g/mol. The largest absolute Gasteiger partial charge is 0.369 e. The molecule has 0 aliphatic heterocycles. The van der Waals surface area contributed by atoms with Crippen LogP contribution in [0.5, 0.6) is 0 Å². The quantitative estimate of drug-likeness (QED) is 0.569. The van der Waals surface area contributed by atoms with Gasteiger partial charge in [-0.25, -0.2) is 15.8 Å². The van der Waals surface area contributed by atoms with E-state index in [0.29, 0.717) is 11.2 Å². The molecule has 2 fully saturated rings. The molecule has 0 spiro atoms. The van der Waals surface area contributed by atoms with E-state index in [1.54, 1.807) is 0 Å². The number of nitrogen functional groups attached to an aromatic ring is 1. The van der Waals surface area contributed by atoms with Crippen LogP contribution in [0.3, 0.4) is 0 Å². The highest BCUT2D eigenvalue weighted by atomic mass is 15.3. The van der Waals surface area contributed by atoms with Gasteiger partial charge in [0, 0.05) is 18.0 Å². The molecule has 5 heteroatoms. The summed E-state index contributed by atoms with van der Waals surface area (Å²) in [6.07, 6.45) is 5.55. The highest BCUT2D eigenvalue weighted by Crippen LogP contribution is 2.61. The van der Waals surface area contributed by atoms with Gasteiger partial charge in [-0.2, -0.15) is 0 Å². The third kappa shape index (κ3) is 2.73. The molecule has 0 atom stereocenters. The van der Waals surface area contributed by atoms with E-state index in [0.717, 1.165) is 24.1 Å². The molecule has 0 aromatic carbocycles. The summed E-state index contributed by atoms with van der Waals surface area (Å²) < 4.78 is 0. The second-order valence-electron chi connectivity index (χ2n) is 7.35. The van der Waals surface area contributed by atoms with Crippen molar-refractivity contribution >= 4 is 11.6 Å². The lowest BCUT2D eigenvalue weighted by atomic mass is 9.96. The molecule has 4 N–H and O–H groups in total. The zero-order chi connectivity index (χ0) is 14.4. The highest BCUT2D eigenvalue weighted by molar-refractivity contribution is 5.47. The number of hydrogen-bond acceptors (Lipinski definition) is 5. The molecule has 3 rings (SSSR count). The topological polar surface area (TPSA) is 75.9 Å². The molecule has 0 radical (unpaired) electrons. The van der Waals surface area contributed by atoms with Crippen molar-refractivity contribution in [3.8, 4) is 0 Å². The molecule has 0 unspecified atom stereocenters. The van der Waals surface area contributed by atoms with Crippen LogP contribution in [-0.2, 0) is 5.41 Å². The molecule has 0 saturated heterocycles. The highest BCUT2D eigenvalue weighted by Gasteiger charge is 2.53. The van der Waals surface area contributed by atoms with Gasteiger partial charge in [0.1, 0.15) is 17.5 Å². The van der Waals surface area contributed by atoms with Crippen molar-refractivity contribution in [3.63, 3.8) is 0 Å². The van der Waals surface area contributed by atoms with Crippen molar-refractivity contribution in [1.82, 2.24) is 9.97 Å². The van der Waals surface area contributed by atoms with E-state index < -0.39 is 0 Å². The molecule has 1 aromatic heterocycles. The van der Waals surface area contributed by atoms with Crippen LogP contribution in [0.1, 0.15) is 52.3 Å². The smallest absolute Gasteiger partial charge is 0.145 e. The Morgan fingerprint density at radius 1 is 1.25 bits per heavy atom. The lowest BCUT2D eigenvalue weighted by Gasteiger charge is -2.20. The van der Waals surface area contributed by atoms with Crippen LogP contribution in [0.15, 0.2) is 6.07 Å². The van der Waals surface area contributed by atoms with E-state index in [4.69, 9.17) is 5.84 Å². The first-order valence-corrected chi connectivity index (χ1v) is 7.53. The number of hydrazine groups is 1. The molecule has 2 aliphatic rings. The second-order valence-corrected chi connectivity index (χ2v) is 7.35. The molecule has 5 nitrogen and oxygen atoms in total. The Hall–Kier alpha value is -1.36. The maximum atomic E-state index is 5.52. The lowest BCUT2D eigenvalue weighted by molar-refractivity contribution is 0.465. The fourth-order valence-electron chi connectivity index (χ4n) is 2.80. The Morgan fingerprint density at radius 3 is 2.40 bits per heavy atom. The number of aromatic nitrogens is 2. The van der Waals surface area contributed by atoms with Gasteiger partial charge < -0.3 is 10.7 Å². The summed E-state index contributed by atoms with van der Waals surface area (Å²) in [7, 11) is 0. The molecule has 1 aromatic rings. The predicted octanol–water partition coefficient (Wildman–Crippen LogP) is 2.66. The van der Waals surface area contributed by atoms with Crippen molar-refractivity contribution in [2.45, 2.75) is 51.9 Å². The van der Waals surface area contributed by atoms with Crippen molar-refractivity contribution in [3.05, 3.63) is 11.9 Å². The average Bonchev–Trinajstić information content (AvgIpc) is 3.27. The third-order valence-corrected chi connectivity index (χ3v) is 4.50. The van der Waals surface area contributed by atoms with Crippen molar-refractivity contribution < 1.29 is 0 Å². The zero-order valence-electron chi connectivity index (χ0n) is 12.7. The first-order chi connectivity index (χ1) is 9.43. The minimum atomic E-state index is -0.0863. The second kappa shape index (κ2) is 4.58. The van der Waals surface area contributed by atoms with Crippen LogP contribution in [-0.4, -0.2) is 16.5 Å². The third-order valence-electron chi connectivity index (χ3n) is 4.50. The summed E-state index contributed by atoms with van der Waals surface area (Å²) >= 11 is 0. The van der Waals surface area contributed by atoms with Crippen LogP contribution in [0.25, 0.3) is 0 Å². The first kappa shape index (κ1) is 13.6. The maximum Gasteiger partial charge on any atom is 0.145 e. The number of rotatable bonds is 5. The predicted molar refractivity (Wildman–Crippen MR) is 81.4 cm³/mol. The van der Waals surface area contributed by atoms with E-state index in [9.17, 15) is 0 Å². The summed E-state index contributed by atoms with van der Waals surface area (Å²) in [5, 5.41) is 3.51. The van der Waals surface area contributed by atoms with Crippen molar-refractivity contribution in [1.29, 1.82) is 0 Å². The minimum absolute atomic E-state index is 0.0863. The molecule has 0 amide bonds. The molecule has 20 heavy (non-hydrogen) atoms. The summed E-state index contributed by atoms with van der Waals surface area (Å²) in [6.45, 7) is 7.36. The molecule has 1 heterocycles. The molecular formula is C15H25N5. The number of anilines is 2. The van der Waals surface area contributed by atoms with Crippen LogP contribution >= 0.6 is 0 Å². The first-order valence-electron chi connectivity index (χ1n) is 7.53. The molecule has 2 saturated carbocycles. The van der Waals surface area contributed by atoms with Gasteiger partial charge in [-0.15, -0.1) is 0 Å². The van der Waals surface area contributed by atoms with E-state index in [-0.39, 0.29) is 5.41 Å². The minimum Gasteiger partial charge on any atom is -0.369 e. The van der Waals surface area contributed by atoms with E-state index in [1.807, 2.05) is 6.07 Å². The summed E-state index contributed by atoms with van der Waals surface area (Å²) in [4.78, 5) is 9.09. The molecule has 110 valence electrons. The van der Waals surface area contributed by atoms with Gasteiger partial charge in [-0.1, -0.05) is 20.8 Å². The van der Waals surface area contributed by atoms with Gasteiger partial charge >= 0.3 is 0 Å². The van der Waals surface area contributed by atoms with Crippen molar-refractivity contribution in [2.75, 3.05) is 17.3 Å². The zero-order valence-corrected chi connectivity index (χ0v) is 12.7. The van der Waals surface area contributed by atoms with Gasteiger partial charge in [-0.05, 0) is 37.0 Å². The number of nitrogens with one attached hydrogen (secondary N) is 2. The lowest BCUT2D eigenvalue weighted by Crippen LogP contribution is -2.22. The van der Waals surface area contributed by atoms with E-state index in [2.05, 4.69) is 41.5 Å². The Labute approximate surface area is 120 Å². The average molecular weight is 275 g/mol. The van der Waals surface area contributed by atoms with Crippen LogP contribution in [0.4, 0.5) is 11.6 Å². The Kier molecular flexibility index (Phi) is 3.12. The van der Waals surface area contributed by atoms with Crippen LogP contribution in [0.2, 0.25) is 0 Å². The van der Waals surface area contributed by atoms with Crippen molar-refractivity contribution in [2.24, 2.45) is 17.2 Å². The van der Waals surface area contributed by atoms with E-state index >= 15 is 0 Å². The normalized spacial score (nSPS) is 20.6.